The fourth-order valence-corrected chi connectivity index (χ4v) is 4.55. The molecule has 0 fully saturated rings. The Morgan fingerprint density at radius 2 is 1.69 bits per heavy atom. The lowest BCUT2D eigenvalue weighted by atomic mass is 10.0. The van der Waals surface area contributed by atoms with Crippen LogP contribution in [0.3, 0.4) is 0 Å². The van der Waals surface area contributed by atoms with Gasteiger partial charge < -0.3 is 4.90 Å². The zero-order valence-electron chi connectivity index (χ0n) is 22.4. The molecule has 1 amide bonds. The summed E-state index contributed by atoms with van der Waals surface area (Å²) in [6.07, 6.45) is 0.554. The molecular formula is C30H30N4O5. The zero-order valence-corrected chi connectivity index (χ0v) is 22.4. The van der Waals surface area contributed by atoms with Crippen LogP contribution >= 0.6 is 0 Å². The Bertz CT molecular complexity index is 1620. The number of ketones is 1. The molecule has 0 spiro atoms. The highest BCUT2D eigenvalue weighted by molar-refractivity contribution is 6.05. The van der Waals surface area contributed by atoms with E-state index in [4.69, 9.17) is 0 Å². The average molecular weight is 527 g/mol. The van der Waals surface area contributed by atoms with E-state index in [-0.39, 0.29) is 29.9 Å². The summed E-state index contributed by atoms with van der Waals surface area (Å²) in [5, 5.41) is 14.5. The molecule has 9 heteroatoms. The van der Waals surface area contributed by atoms with Crippen LogP contribution in [0.25, 0.3) is 16.9 Å². The second kappa shape index (κ2) is 11.3. The number of benzene rings is 3. The topological polar surface area (TPSA) is 118 Å². The number of rotatable bonds is 9. The molecule has 0 aliphatic carbocycles. The third-order valence-corrected chi connectivity index (χ3v) is 6.82. The Balaban J connectivity index is 1.78. The lowest BCUT2D eigenvalue weighted by molar-refractivity contribution is -0.385. The molecule has 0 saturated carbocycles. The van der Waals surface area contributed by atoms with E-state index in [0.717, 1.165) is 11.1 Å². The average Bonchev–Trinajstić information content (AvgIpc) is 3.27. The third kappa shape index (κ3) is 5.43. The minimum absolute atomic E-state index is 0.0501. The van der Waals surface area contributed by atoms with Crippen molar-refractivity contribution in [2.45, 2.75) is 34.1 Å². The summed E-state index contributed by atoms with van der Waals surface area (Å²) in [6, 6.07) is 18.9. The fourth-order valence-electron chi connectivity index (χ4n) is 4.55. The van der Waals surface area contributed by atoms with E-state index < -0.39 is 22.2 Å². The van der Waals surface area contributed by atoms with Crippen LogP contribution in [-0.2, 0) is 0 Å². The van der Waals surface area contributed by atoms with Crippen LogP contribution in [0.5, 0.6) is 0 Å². The Morgan fingerprint density at radius 3 is 2.36 bits per heavy atom. The molecule has 1 N–H and O–H groups in total. The summed E-state index contributed by atoms with van der Waals surface area (Å²) in [5.41, 5.74) is 3.35. The standard InChI is InChI=1S/C30H30N4O5/c1-5-16-32(29(36)23-15-14-20(3)25(17-23)34(38)39)18-26(35)27-28(22-11-7-6-8-12-22)31-33(30(27)37)24-13-9-10-19(2)21(24)4/h6-15,17,31H,5,16,18H2,1-4H3. The first kappa shape index (κ1) is 27.3. The summed E-state index contributed by atoms with van der Waals surface area (Å²) in [6.45, 7) is 7.19. The van der Waals surface area contributed by atoms with Gasteiger partial charge in [0.25, 0.3) is 17.2 Å². The number of nitrogens with zero attached hydrogens (tertiary/aromatic N) is 3. The predicted molar refractivity (Wildman–Crippen MR) is 150 cm³/mol. The van der Waals surface area contributed by atoms with Crippen molar-refractivity contribution < 1.29 is 14.5 Å². The molecule has 0 saturated heterocycles. The summed E-state index contributed by atoms with van der Waals surface area (Å²) >= 11 is 0. The van der Waals surface area contributed by atoms with E-state index in [2.05, 4.69) is 5.10 Å². The summed E-state index contributed by atoms with van der Waals surface area (Å²) in [7, 11) is 0. The molecule has 9 nitrogen and oxygen atoms in total. The molecule has 0 aliphatic rings. The van der Waals surface area contributed by atoms with Crippen LogP contribution in [0.4, 0.5) is 5.69 Å². The number of Topliss-reactive ketones (excluding diaryl/α,β-unsaturated/α-hetero) is 1. The molecule has 1 heterocycles. The highest BCUT2D eigenvalue weighted by atomic mass is 16.6. The Labute approximate surface area is 225 Å². The minimum atomic E-state index is -0.539. The Hall–Kier alpha value is -4.79. The number of carbonyl (C=O) groups is 2. The molecule has 39 heavy (non-hydrogen) atoms. The predicted octanol–water partition coefficient (Wildman–Crippen LogP) is 5.40. The molecule has 4 rings (SSSR count). The quantitative estimate of drug-likeness (QED) is 0.178. The molecule has 0 bridgehead atoms. The molecule has 4 aromatic rings. The number of nitro benzene ring substituents is 1. The van der Waals surface area contributed by atoms with Gasteiger partial charge >= 0.3 is 0 Å². The second-order valence-corrected chi connectivity index (χ2v) is 9.50. The van der Waals surface area contributed by atoms with Crippen molar-refractivity contribution in [1.29, 1.82) is 0 Å². The monoisotopic (exact) mass is 526 g/mol. The molecule has 0 unspecified atom stereocenters. The van der Waals surface area contributed by atoms with Gasteiger partial charge in [-0.25, -0.2) is 4.68 Å². The number of H-pyrrole nitrogens is 1. The van der Waals surface area contributed by atoms with Crippen LogP contribution in [0.2, 0.25) is 0 Å². The van der Waals surface area contributed by atoms with Crippen molar-refractivity contribution in [2.75, 3.05) is 13.1 Å². The Kier molecular flexibility index (Phi) is 7.90. The number of carbonyl (C=O) groups excluding carboxylic acids is 2. The highest BCUT2D eigenvalue weighted by Gasteiger charge is 2.27. The van der Waals surface area contributed by atoms with E-state index in [0.29, 0.717) is 28.9 Å². The maximum Gasteiger partial charge on any atom is 0.282 e. The van der Waals surface area contributed by atoms with Crippen molar-refractivity contribution >= 4 is 17.4 Å². The first-order valence-electron chi connectivity index (χ1n) is 12.7. The largest absolute Gasteiger partial charge is 0.331 e. The van der Waals surface area contributed by atoms with Gasteiger partial charge in [-0.1, -0.05) is 55.5 Å². The molecule has 3 aromatic carbocycles. The van der Waals surface area contributed by atoms with Gasteiger partial charge in [-0.05, 0) is 50.5 Å². The maximum absolute atomic E-state index is 13.8. The van der Waals surface area contributed by atoms with Gasteiger partial charge in [0.2, 0.25) is 0 Å². The summed E-state index contributed by atoms with van der Waals surface area (Å²) < 4.78 is 1.37. The lowest BCUT2D eigenvalue weighted by Crippen LogP contribution is -2.37. The molecule has 0 aliphatic heterocycles. The van der Waals surface area contributed by atoms with Crippen LogP contribution < -0.4 is 5.56 Å². The number of hydrogen-bond donors (Lipinski definition) is 1. The maximum atomic E-state index is 13.8. The second-order valence-electron chi connectivity index (χ2n) is 9.50. The summed E-state index contributed by atoms with van der Waals surface area (Å²) in [4.78, 5) is 53.1. The van der Waals surface area contributed by atoms with Crippen molar-refractivity contribution in [1.82, 2.24) is 14.7 Å². The van der Waals surface area contributed by atoms with Crippen molar-refractivity contribution in [3.05, 3.63) is 115 Å². The number of nitro groups is 1. The third-order valence-electron chi connectivity index (χ3n) is 6.82. The highest BCUT2D eigenvalue weighted by Crippen LogP contribution is 2.24. The SMILES string of the molecule is CCCN(CC(=O)c1c(-c2ccccc2)[nH]n(-c2cccc(C)c2C)c1=O)C(=O)c1ccc(C)c([N+](=O)[O-])c1. The van der Waals surface area contributed by atoms with Gasteiger partial charge in [0, 0.05) is 29.3 Å². The minimum Gasteiger partial charge on any atom is -0.331 e. The smallest absolute Gasteiger partial charge is 0.282 e. The normalized spacial score (nSPS) is 10.9. The number of aryl methyl sites for hydroxylation is 2. The fraction of sp³-hybridized carbons (Fsp3) is 0.233. The van der Waals surface area contributed by atoms with E-state index in [1.165, 1.54) is 27.8 Å². The molecule has 0 radical (unpaired) electrons. The number of nitrogens with one attached hydrogen (secondary N) is 1. The number of aromatic nitrogens is 2. The van der Waals surface area contributed by atoms with E-state index in [1.807, 2.05) is 51.1 Å². The molecule has 200 valence electrons. The van der Waals surface area contributed by atoms with E-state index in [9.17, 15) is 24.5 Å². The van der Waals surface area contributed by atoms with Gasteiger partial charge in [0.1, 0.15) is 5.56 Å². The number of amides is 1. The van der Waals surface area contributed by atoms with Crippen molar-refractivity contribution in [3.63, 3.8) is 0 Å². The molecule has 1 aromatic heterocycles. The summed E-state index contributed by atoms with van der Waals surface area (Å²) in [5.74, 6) is -1.04. The Morgan fingerprint density at radius 1 is 0.974 bits per heavy atom. The van der Waals surface area contributed by atoms with Gasteiger partial charge in [-0.2, -0.15) is 0 Å². The molecule has 0 atom stereocenters. The first-order valence-corrected chi connectivity index (χ1v) is 12.7. The molecular weight excluding hydrogens is 496 g/mol. The van der Waals surface area contributed by atoms with Gasteiger partial charge in [0.15, 0.2) is 5.78 Å². The van der Waals surface area contributed by atoms with Crippen molar-refractivity contribution in [2.24, 2.45) is 0 Å². The number of hydrogen-bond acceptors (Lipinski definition) is 5. The number of aromatic amines is 1. The van der Waals surface area contributed by atoms with Gasteiger partial charge in [0.05, 0.1) is 22.8 Å². The van der Waals surface area contributed by atoms with Crippen LogP contribution in [-0.4, -0.2) is 44.4 Å². The van der Waals surface area contributed by atoms with E-state index >= 15 is 0 Å². The van der Waals surface area contributed by atoms with Crippen LogP contribution in [0.1, 0.15) is 50.8 Å². The zero-order chi connectivity index (χ0) is 28.3. The lowest BCUT2D eigenvalue weighted by Gasteiger charge is -2.21. The van der Waals surface area contributed by atoms with Crippen LogP contribution in [0.15, 0.2) is 71.5 Å². The van der Waals surface area contributed by atoms with Crippen LogP contribution in [0, 0.1) is 30.9 Å². The van der Waals surface area contributed by atoms with Crippen molar-refractivity contribution in [3.8, 4) is 16.9 Å². The van der Waals surface area contributed by atoms with E-state index in [1.54, 1.807) is 25.1 Å². The van der Waals surface area contributed by atoms with Gasteiger partial charge in [-0.3, -0.25) is 29.6 Å². The first-order chi connectivity index (χ1) is 18.6. The van der Waals surface area contributed by atoms with Gasteiger partial charge in [-0.15, -0.1) is 0 Å².